The van der Waals surface area contributed by atoms with Crippen LogP contribution in [0.5, 0.6) is 0 Å². The van der Waals surface area contributed by atoms with Crippen LogP contribution < -0.4 is 10.6 Å². The van der Waals surface area contributed by atoms with E-state index in [0.29, 0.717) is 11.4 Å². The highest BCUT2D eigenvalue weighted by Gasteiger charge is 2.38. The summed E-state index contributed by atoms with van der Waals surface area (Å²) in [7, 11) is 1.50. The first-order valence-corrected chi connectivity index (χ1v) is 13.0. The molecule has 9 heteroatoms. The zero-order valence-electron chi connectivity index (χ0n) is 19.8. The van der Waals surface area contributed by atoms with Crippen LogP contribution in [0.4, 0.5) is 0 Å². The van der Waals surface area contributed by atoms with Crippen molar-refractivity contribution in [1.29, 1.82) is 0 Å². The third-order valence-electron chi connectivity index (χ3n) is 6.78. The molecule has 0 radical (unpaired) electrons. The summed E-state index contributed by atoms with van der Waals surface area (Å²) in [6, 6.07) is 7.03. The van der Waals surface area contributed by atoms with Crippen molar-refractivity contribution in [3.8, 4) is 0 Å². The molecule has 1 aliphatic carbocycles. The van der Waals surface area contributed by atoms with Gasteiger partial charge in [0.15, 0.2) is 5.96 Å². The first kappa shape index (κ1) is 27.3. The van der Waals surface area contributed by atoms with Crippen molar-refractivity contribution in [2.45, 2.75) is 68.3 Å². The topological polar surface area (TPSA) is 77.0 Å². The number of aliphatic imine (C=N–C) groups is 1. The van der Waals surface area contributed by atoms with Crippen molar-refractivity contribution >= 4 is 40.0 Å². The van der Waals surface area contributed by atoms with E-state index in [1.54, 1.807) is 33.3 Å². The number of halogens is 1. The third-order valence-corrected chi connectivity index (χ3v) is 8.61. The number of hydrogen-bond acceptors (Lipinski definition) is 4. The van der Waals surface area contributed by atoms with Gasteiger partial charge in [0.05, 0.1) is 4.90 Å². The third kappa shape index (κ3) is 6.80. The number of sulfonamides is 1. The van der Waals surface area contributed by atoms with Crippen molar-refractivity contribution in [3.05, 3.63) is 29.8 Å². The quantitative estimate of drug-likeness (QED) is 0.295. The normalized spacial score (nSPS) is 19.9. The molecule has 1 aromatic rings. The zero-order valence-corrected chi connectivity index (χ0v) is 22.9. The fraction of sp³-hybridized carbons (Fsp3) is 0.696. The molecular formula is C23H40IN5O2S. The molecule has 0 amide bonds. The van der Waals surface area contributed by atoms with Crippen LogP contribution in [0.2, 0.25) is 0 Å². The smallest absolute Gasteiger partial charge is 0.242 e. The number of piperidine rings is 1. The maximum Gasteiger partial charge on any atom is 0.242 e. The number of benzene rings is 1. The molecule has 0 atom stereocenters. The Morgan fingerprint density at radius 3 is 2.16 bits per heavy atom. The lowest BCUT2D eigenvalue weighted by atomic mass is 9.79. The van der Waals surface area contributed by atoms with E-state index in [9.17, 15) is 8.42 Å². The molecule has 0 unspecified atom stereocenters. The highest BCUT2D eigenvalue weighted by molar-refractivity contribution is 14.0. The summed E-state index contributed by atoms with van der Waals surface area (Å²) in [5.74, 6) is 0.798. The number of rotatable bonds is 7. The first-order valence-electron chi connectivity index (χ1n) is 11.6. The van der Waals surface area contributed by atoms with Gasteiger partial charge in [0.2, 0.25) is 10.0 Å². The molecule has 2 aliphatic rings. The second kappa shape index (κ2) is 12.5. The SMILES string of the molecule is CN=C(NCc1ccc(S(=O)(=O)N(C)C)cc1)NCC1(N2CCCCC2)CCCCC1.I. The Hall–Kier alpha value is -0.910. The van der Waals surface area contributed by atoms with Gasteiger partial charge >= 0.3 is 0 Å². The van der Waals surface area contributed by atoms with Gasteiger partial charge in [0.1, 0.15) is 0 Å². The van der Waals surface area contributed by atoms with Gasteiger partial charge in [-0.2, -0.15) is 0 Å². The minimum absolute atomic E-state index is 0. The summed E-state index contributed by atoms with van der Waals surface area (Å²) >= 11 is 0. The van der Waals surface area contributed by atoms with E-state index in [-0.39, 0.29) is 29.5 Å². The van der Waals surface area contributed by atoms with Crippen LogP contribution in [0.25, 0.3) is 0 Å². The van der Waals surface area contributed by atoms with Crippen molar-refractivity contribution in [2.75, 3.05) is 40.8 Å². The van der Waals surface area contributed by atoms with E-state index in [0.717, 1.165) is 18.1 Å². The minimum atomic E-state index is -3.40. The summed E-state index contributed by atoms with van der Waals surface area (Å²) in [5, 5.41) is 6.98. The van der Waals surface area contributed by atoms with Crippen LogP contribution in [0.1, 0.15) is 56.9 Å². The van der Waals surface area contributed by atoms with Crippen LogP contribution >= 0.6 is 24.0 Å². The summed E-state index contributed by atoms with van der Waals surface area (Å²) in [6.45, 7) is 3.96. The monoisotopic (exact) mass is 577 g/mol. The van der Waals surface area contributed by atoms with E-state index in [1.165, 1.54) is 68.8 Å². The molecule has 1 heterocycles. The highest BCUT2D eigenvalue weighted by Crippen LogP contribution is 2.35. The number of nitrogens with one attached hydrogen (secondary N) is 2. The Morgan fingerprint density at radius 2 is 1.59 bits per heavy atom. The lowest BCUT2D eigenvalue weighted by molar-refractivity contribution is 0.0368. The Morgan fingerprint density at radius 1 is 1.00 bits per heavy atom. The number of hydrogen-bond donors (Lipinski definition) is 2. The molecule has 1 saturated heterocycles. The summed E-state index contributed by atoms with van der Waals surface area (Å²) in [6.07, 6.45) is 10.5. The molecule has 7 nitrogen and oxygen atoms in total. The average Bonchev–Trinajstić information content (AvgIpc) is 2.80. The molecule has 0 aromatic heterocycles. The number of likely N-dealkylation sites (tertiary alicyclic amines) is 1. The predicted molar refractivity (Wildman–Crippen MR) is 142 cm³/mol. The van der Waals surface area contributed by atoms with E-state index in [2.05, 4.69) is 20.5 Å². The fourth-order valence-electron chi connectivity index (χ4n) is 4.83. The zero-order chi connectivity index (χ0) is 22.3. The summed E-state index contributed by atoms with van der Waals surface area (Å²) in [4.78, 5) is 7.46. The van der Waals surface area contributed by atoms with Crippen LogP contribution in [-0.4, -0.2) is 69.9 Å². The summed E-state index contributed by atoms with van der Waals surface area (Å²) < 4.78 is 25.7. The van der Waals surface area contributed by atoms with Crippen molar-refractivity contribution < 1.29 is 8.42 Å². The molecule has 1 aromatic carbocycles. The minimum Gasteiger partial charge on any atom is -0.355 e. The first-order chi connectivity index (χ1) is 14.9. The van der Waals surface area contributed by atoms with Gasteiger partial charge in [0, 0.05) is 39.8 Å². The molecule has 1 saturated carbocycles. The molecule has 32 heavy (non-hydrogen) atoms. The van der Waals surface area contributed by atoms with Gasteiger partial charge in [-0.3, -0.25) is 9.89 Å². The maximum absolute atomic E-state index is 12.2. The van der Waals surface area contributed by atoms with E-state index in [1.807, 2.05) is 12.1 Å². The van der Waals surface area contributed by atoms with Gasteiger partial charge in [-0.05, 0) is 56.5 Å². The molecule has 2 fully saturated rings. The van der Waals surface area contributed by atoms with Gasteiger partial charge in [0.25, 0.3) is 0 Å². The standard InChI is InChI=1S/C23H39N5O2S.HI/c1-24-22(25-18-20-10-12-21(13-11-20)31(29,30)27(2)3)26-19-23(14-6-4-7-15-23)28-16-8-5-9-17-28;/h10-13H,4-9,14-19H2,1-3H3,(H2,24,25,26);1H. The van der Waals surface area contributed by atoms with Crippen LogP contribution in [0.3, 0.4) is 0 Å². The van der Waals surface area contributed by atoms with Crippen LogP contribution in [-0.2, 0) is 16.6 Å². The molecular weight excluding hydrogens is 537 g/mol. The molecule has 0 spiro atoms. The van der Waals surface area contributed by atoms with Gasteiger partial charge in [-0.1, -0.05) is 37.8 Å². The molecule has 1 aliphatic heterocycles. The fourth-order valence-corrected chi connectivity index (χ4v) is 5.73. The Balaban J connectivity index is 0.00000363. The van der Waals surface area contributed by atoms with E-state index >= 15 is 0 Å². The number of guanidine groups is 1. The second-order valence-corrected chi connectivity index (χ2v) is 11.2. The van der Waals surface area contributed by atoms with Crippen LogP contribution in [0, 0.1) is 0 Å². The molecule has 2 N–H and O–H groups in total. The Bertz CT molecular complexity index is 830. The lowest BCUT2D eigenvalue weighted by Crippen LogP contribution is -2.59. The Kier molecular flexibility index (Phi) is 10.7. The predicted octanol–water partition coefficient (Wildman–Crippen LogP) is 3.41. The summed E-state index contributed by atoms with van der Waals surface area (Å²) in [5.41, 5.74) is 1.27. The largest absolute Gasteiger partial charge is 0.355 e. The molecule has 3 rings (SSSR count). The van der Waals surface area contributed by atoms with Gasteiger partial charge in [-0.15, -0.1) is 24.0 Å². The van der Waals surface area contributed by atoms with Crippen LogP contribution in [0.15, 0.2) is 34.2 Å². The van der Waals surface area contributed by atoms with Gasteiger partial charge < -0.3 is 10.6 Å². The molecule has 0 bridgehead atoms. The van der Waals surface area contributed by atoms with Gasteiger partial charge in [-0.25, -0.2) is 12.7 Å². The van der Waals surface area contributed by atoms with E-state index < -0.39 is 10.0 Å². The average molecular weight is 578 g/mol. The van der Waals surface area contributed by atoms with Crippen molar-refractivity contribution in [1.82, 2.24) is 19.8 Å². The lowest BCUT2D eigenvalue weighted by Gasteiger charge is -2.48. The maximum atomic E-state index is 12.2. The Labute approximate surface area is 211 Å². The van der Waals surface area contributed by atoms with Crippen molar-refractivity contribution in [3.63, 3.8) is 0 Å². The second-order valence-electron chi connectivity index (χ2n) is 9.04. The highest BCUT2D eigenvalue weighted by atomic mass is 127. The van der Waals surface area contributed by atoms with E-state index in [4.69, 9.17) is 0 Å². The molecule has 182 valence electrons. The van der Waals surface area contributed by atoms with Crippen molar-refractivity contribution in [2.24, 2.45) is 4.99 Å². The number of nitrogens with zero attached hydrogens (tertiary/aromatic N) is 3.